The molecule has 0 amide bonds. The monoisotopic (exact) mass is 309 g/mol. The summed E-state index contributed by atoms with van der Waals surface area (Å²) in [4.78, 5) is 21.4. The number of aromatic amines is 2. The quantitative estimate of drug-likeness (QED) is 0.471. The van der Waals surface area contributed by atoms with Crippen LogP contribution in [-0.4, -0.2) is 47.9 Å². The zero-order chi connectivity index (χ0) is 15.8. The van der Waals surface area contributed by atoms with E-state index in [0.29, 0.717) is 43.9 Å². The van der Waals surface area contributed by atoms with Crippen molar-refractivity contribution in [3.8, 4) is 0 Å². The molecule has 8 nitrogen and oxygen atoms in total. The molecule has 2 aromatic heterocycles. The highest BCUT2D eigenvalue weighted by molar-refractivity contribution is 5.79. The molecular weight excluding hydrogens is 286 g/mol. The van der Waals surface area contributed by atoms with Crippen molar-refractivity contribution in [2.45, 2.75) is 19.9 Å². The van der Waals surface area contributed by atoms with E-state index in [4.69, 9.17) is 15.2 Å². The lowest BCUT2D eigenvalue weighted by Gasteiger charge is -2.06. The van der Waals surface area contributed by atoms with E-state index >= 15 is 0 Å². The summed E-state index contributed by atoms with van der Waals surface area (Å²) in [5.74, 6) is 0.109. The minimum atomic E-state index is -0.232. The maximum Gasteiger partial charge on any atom is 0.262 e. The number of fused-ring (bicyclic) bond motifs is 1. The highest BCUT2D eigenvalue weighted by Crippen LogP contribution is 2.11. The number of nitrogens with zero attached hydrogens (tertiary/aromatic N) is 1. The Hall–Kier alpha value is -1.90. The first-order valence-corrected chi connectivity index (χ1v) is 7.44. The van der Waals surface area contributed by atoms with Gasteiger partial charge < -0.3 is 25.5 Å². The number of nitrogens with two attached hydrogens (primary N) is 1. The molecule has 2 rings (SSSR count). The van der Waals surface area contributed by atoms with E-state index in [0.717, 1.165) is 18.6 Å². The van der Waals surface area contributed by atoms with Crippen LogP contribution < -0.4 is 16.6 Å². The van der Waals surface area contributed by atoms with Crippen LogP contribution in [0, 0.1) is 0 Å². The van der Waals surface area contributed by atoms with Crippen LogP contribution in [0.25, 0.3) is 11.0 Å². The minimum Gasteiger partial charge on any atom is -0.379 e. The molecule has 2 heterocycles. The number of nitrogens with one attached hydrogen (secondary N) is 3. The Bertz CT molecular complexity index is 637. The van der Waals surface area contributed by atoms with Crippen molar-refractivity contribution >= 4 is 17.0 Å². The summed E-state index contributed by atoms with van der Waals surface area (Å²) in [5.41, 5.74) is 6.63. The second-order valence-electron chi connectivity index (χ2n) is 4.89. The lowest BCUT2D eigenvalue weighted by atomic mass is 10.2. The van der Waals surface area contributed by atoms with E-state index in [1.54, 1.807) is 6.20 Å². The summed E-state index contributed by atoms with van der Waals surface area (Å²) in [5, 5.41) is 3.76. The van der Waals surface area contributed by atoms with Crippen molar-refractivity contribution in [2.24, 2.45) is 0 Å². The van der Waals surface area contributed by atoms with Crippen LogP contribution >= 0.6 is 0 Å². The van der Waals surface area contributed by atoms with Gasteiger partial charge in [0.1, 0.15) is 5.65 Å². The Balaban J connectivity index is 1.71. The largest absolute Gasteiger partial charge is 0.379 e. The average molecular weight is 309 g/mol. The molecule has 0 fully saturated rings. The topological polar surface area (TPSA) is 118 Å². The van der Waals surface area contributed by atoms with Gasteiger partial charge in [0.25, 0.3) is 5.56 Å². The van der Waals surface area contributed by atoms with Gasteiger partial charge in [0.05, 0.1) is 25.2 Å². The molecule has 0 spiro atoms. The van der Waals surface area contributed by atoms with Gasteiger partial charge in [-0.05, 0) is 12.0 Å². The molecule has 0 atom stereocenters. The van der Waals surface area contributed by atoms with Crippen molar-refractivity contribution < 1.29 is 9.47 Å². The first-order valence-electron chi connectivity index (χ1n) is 7.44. The standard InChI is InChI=1S/C14H23N5O3/c1-2-4-21-6-7-22-5-3-16-8-10-9-17-12-11(10)13(20)19-14(15)18-12/h9,16H,2-8H2,1H3,(H4,15,17,18,19,20). The van der Waals surface area contributed by atoms with Crippen molar-refractivity contribution in [1.29, 1.82) is 0 Å². The second-order valence-corrected chi connectivity index (χ2v) is 4.89. The van der Waals surface area contributed by atoms with E-state index in [-0.39, 0.29) is 11.5 Å². The molecule has 0 bridgehead atoms. The van der Waals surface area contributed by atoms with Gasteiger partial charge in [0.15, 0.2) is 0 Å². The first-order chi connectivity index (χ1) is 10.7. The SMILES string of the molecule is CCCOCCOCCNCc1c[nH]c2nc(N)[nH]c(=O)c12. The normalized spacial score (nSPS) is 11.3. The Morgan fingerprint density at radius 2 is 2.05 bits per heavy atom. The number of aromatic nitrogens is 3. The van der Waals surface area contributed by atoms with Crippen LogP contribution in [0.5, 0.6) is 0 Å². The third-order valence-electron chi connectivity index (χ3n) is 3.10. The molecule has 0 aliphatic heterocycles. The van der Waals surface area contributed by atoms with E-state index in [9.17, 15) is 4.79 Å². The Kier molecular flexibility index (Phi) is 6.38. The van der Waals surface area contributed by atoms with Gasteiger partial charge in [-0.15, -0.1) is 0 Å². The van der Waals surface area contributed by atoms with Gasteiger partial charge in [0.2, 0.25) is 5.95 Å². The highest BCUT2D eigenvalue weighted by Gasteiger charge is 2.09. The number of ether oxygens (including phenoxy) is 2. The summed E-state index contributed by atoms with van der Waals surface area (Å²) in [6, 6.07) is 0. The molecule has 8 heteroatoms. The molecule has 0 aromatic carbocycles. The molecule has 0 saturated heterocycles. The predicted octanol–water partition coefficient (Wildman–Crippen LogP) is 0.366. The first kappa shape index (κ1) is 16.5. The summed E-state index contributed by atoms with van der Waals surface area (Å²) < 4.78 is 10.7. The third-order valence-corrected chi connectivity index (χ3v) is 3.10. The van der Waals surface area contributed by atoms with Crippen LogP contribution in [0.2, 0.25) is 0 Å². The maximum atomic E-state index is 11.9. The molecule has 2 aromatic rings. The van der Waals surface area contributed by atoms with Gasteiger partial charge >= 0.3 is 0 Å². The molecule has 0 saturated carbocycles. The van der Waals surface area contributed by atoms with Crippen LogP contribution in [0.1, 0.15) is 18.9 Å². The second kappa shape index (κ2) is 8.52. The fourth-order valence-electron chi connectivity index (χ4n) is 2.09. The van der Waals surface area contributed by atoms with Crippen molar-refractivity contribution in [2.75, 3.05) is 38.7 Å². The molecule has 22 heavy (non-hydrogen) atoms. The molecule has 5 N–H and O–H groups in total. The third kappa shape index (κ3) is 4.55. The summed E-state index contributed by atoms with van der Waals surface area (Å²) in [6.07, 6.45) is 2.78. The van der Waals surface area contributed by atoms with Crippen LogP contribution in [0.15, 0.2) is 11.0 Å². The Morgan fingerprint density at radius 1 is 1.27 bits per heavy atom. The number of anilines is 1. The van der Waals surface area contributed by atoms with Gasteiger partial charge in [-0.25, -0.2) is 0 Å². The van der Waals surface area contributed by atoms with Crippen LogP contribution in [0.4, 0.5) is 5.95 Å². The molecular formula is C14H23N5O3. The van der Waals surface area contributed by atoms with Gasteiger partial charge in [-0.1, -0.05) is 6.92 Å². The summed E-state index contributed by atoms with van der Waals surface area (Å²) in [7, 11) is 0. The van der Waals surface area contributed by atoms with Crippen LogP contribution in [-0.2, 0) is 16.0 Å². The van der Waals surface area contributed by atoms with E-state index in [1.165, 1.54) is 0 Å². The minimum absolute atomic E-state index is 0.109. The smallest absolute Gasteiger partial charge is 0.262 e. The molecule has 0 aliphatic rings. The van der Waals surface area contributed by atoms with Crippen molar-refractivity contribution in [3.05, 3.63) is 22.1 Å². The number of hydrogen-bond donors (Lipinski definition) is 4. The van der Waals surface area contributed by atoms with Gasteiger partial charge in [-0.2, -0.15) is 4.98 Å². The van der Waals surface area contributed by atoms with Crippen molar-refractivity contribution in [1.82, 2.24) is 20.3 Å². The zero-order valence-electron chi connectivity index (χ0n) is 12.8. The Morgan fingerprint density at radius 3 is 2.82 bits per heavy atom. The number of rotatable bonds is 10. The fourth-order valence-corrected chi connectivity index (χ4v) is 2.09. The molecule has 0 aliphatic carbocycles. The zero-order valence-corrected chi connectivity index (χ0v) is 12.8. The fraction of sp³-hybridized carbons (Fsp3) is 0.571. The lowest BCUT2D eigenvalue weighted by Crippen LogP contribution is -2.21. The molecule has 0 radical (unpaired) electrons. The van der Waals surface area contributed by atoms with Crippen molar-refractivity contribution in [3.63, 3.8) is 0 Å². The van der Waals surface area contributed by atoms with Crippen LogP contribution in [0.3, 0.4) is 0 Å². The number of H-pyrrole nitrogens is 2. The number of nitrogen functional groups attached to an aromatic ring is 1. The molecule has 122 valence electrons. The summed E-state index contributed by atoms with van der Waals surface area (Å²) in [6.45, 7) is 5.92. The lowest BCUT2D eigenvalue weighted by molar-refractivity contribution is 0.0490. The Labute approximate surface area is 128 Å². The van der Waals surface area contributed by atoms with E-state index < -0.39 is 0 Å². The maximum absolute atomic E-state index is 11.9. The summed E-state index contributed by atoms with van der Waals surface area (Å²) >= 11 is 0. The predicted molar refractivity (Wildman–Crippen MR) is 84.8 cm³/mol. The van der Waals surface area contributed by atoms with Gasteiger partial charge in [0, 0.05) is 25.9 Å². The average Bonchev–Trinajstić information content (AvgIpc) is 2.88. The highest BCUT2D eigenvalue weighted by atomic mass is 16.5. The van der Waals surface area contributed by atoms with E-state index in [2.05, 4.69) is 27.2 Å². The molecule has 0 unspecified atom stereocenters. The number of hydrogen-bond acceptors (Lipinski definition) is 6. The van der Waals surface area contributed by atoms with E-state index in [1.807, 2.05) is 0 Å². The van der Waals surface area contributed by atoms with Gasteiger partial charge in [-0.3, -0.25) is 9.78 Å².